The van der Waals surface area contributed by atoms with Crippen molar-refractivity contribution in [1.29, 1.82) is 5.26 Å². The third-order valence-electron chi connectivity index (χ3n) is 5.14. The van der Waals surface area contributed by atoms with Crippen molar-refractivity contribution in [2.24, 2.45) is 0 Å². The maximum Gasteiger partial charge on any atom is 0.243 e. The van der Waals surface area contributed by atoms with E-state index in [0.717, 1.165) is 17.8 Å². The van der Waals surface area contributed by atoms with Crippen molar-refractivity contribution >= 4 is 15.8 Å². The molecule has 2 heterocycles. The van der Waals surface area contributed by atoms with E-state index in [1.54, 1.807) is 24.3 Å². The van der Waals surface area contributed by atoms with E-state index < -0.39 is 10.0 Å². The van der Waals surface area contributed by atoms with Crippen LogP contribution in [0.1, 0.15) is 37.3 Å². The summed E-state index contributed by atoms with van der Waals surface area (Å²) in [5.74, 6) is 1.19. The van der Waals surface area contributed by atoms with Gasteiger partial charge in [-0.25, -0.2) is 13.4 Å². The summed E-state index contributed by atoms with van der Waals surface area (Å²) < 4.78 is 27.4. The third-order valence-corrected chi connectivity index (χ3v) is 7.05. The summed E-state index contributed by atoms with van der Waals surface area (Å²) in [7, 11) is -3.48. The Morgan fingerprint density at radius 3 is 2.30 bits per heavy atom. The minimum absolute atomic E-state index is 0.347. The molecule has 1 fully saturated rings. The van der Waals surface area contributed by atoms with Gasteiger partial charge in [0.1, 0.15) is 11.9 Å². The topological polar surface area (TPSA) is 77.3 Å². The summed E-state index contributed by atoms with van der Waals surface area (Å²) >= 11 is 0. The predicted molar refractivity (Wildman–Crippen MR) is 105 cm³/mol. The molecule has 0 bridgehead atoms. The lowest BCUT2D eigenvalue weighted by atomic mass is 9.99. The quantitative estimate of drug-likeness (QED) is 0.792. The van der Waals surface area contributed by atoms with Crippen molar-refractivity contribution in [3.05, 3.63) is 53.7 Å². The Balaban J connectivity index is 1.68. The van der Waals surface area contributed by atoms with Crippen LogP contribution in [0.15, 0.2) is 47.5 Å². The number of pyridine rings is 1. The Bertz CT molecular complexity index is 910. The molecule has 142 valence electrons. The van der Waals surface area contributed by atoms with E-state index >= 15 is 0 Å². The van der Waals surface area contributed by atoms with Crippen LogP contribution in [0.25, 0.3) is 0 Å². The number of benzene rings is 1. The Hall–Kier alpha value is -2.43. The highest BCUT2D eigenvalue weighted by Gasteiger charge is 2.29. The van der Waals surface area contributed by atoms with Gasteiger partial charge in [-0.3, -0.25) is 0 Å². The SMILES string of the molecule is CCC(C)c1ccc(S(=O)(=O)N2CCN(c3ccc(C#N)cn3)CC2)cc1. The second-order valence-electron chi connectivity index (χ2n) is 6.79. The molecular weight excluding hydrogens is 360 g/mol. The van der Waals surface area contributed by atoms with Crippen molar-refractivity contribution in [2.45, 2.75) is 31.1 Å². The van der Waals surface area contributed by atoms with E-state index in [1.807, 2.05) is 23.1 Å². The fourth-order valence-corrected chi connectivity index (χ4v) is 4.57. The summed E-state index contributed by atoms with van der Waals surface area (Å²) in [4.78, 5) is 6.68. The molecule has 0 N–H and O–H groups in total. The number of sulfonamides is 1. The molecular formula is C20H24N4O2S. The molecule has 1 aromatic heterocycles. The van der Waals surface area contributed by atoms with Gasteiger partial charge in [0, 0.05) is 32.4 Å². The first kappa shape index (κ1) is 19.3. The molecule has 2 aromatic rings. The van der Waals surface area contributed by atoms with Gasteiger partial charge in [-0.05, 0) is 42.2 Å². The normalized spacial score (nSPS) is 16.7. The van der Waals surface area contributed by atoms with Gasteiger partial charge in [-0.1, -0.05) is 26.0 Å². The first-order valence-electron chi connectivity index (χ1n) is 9.17. The molecule has 0 amide bonds. The van der Waals surface area contributed by atoms with Crippen LogP contribution in [-0.2, 0) is 10.0 Å². The number of hydrogen-bond donors (Lipinski definition) is 0. The van der Waals surface area contributed by atoms with Gasteiger partial charge in [0.05, 0.1) is 10.5 Å². The van der Waals surface area contributed by atoms with Crippen LogP contribution >= 0.6 is 0 Å². The summed E-state index contributed by atoms with van der Waals surface area (Å²) in [5.41, 5.74) is 1.67. The smallest absolute Gasteiger partial charge is 0.243 e. The van der Waals surface area contributed by atoms with Crippen molar-refractivity contribution in [3.8, 4) is 6.07 Å². The summed E-state index contributed by atoms with van der Waals surface area (Å²) in [6.45, 7) is 6.23. The van der Waals surface area contributed by atoms with E-state index in [0.29, 0.717) is 42.6 Å². The largest absolute Gasteiger partial charge is 0.354 e. The van der Waals surface area contributed by atoms with Crippen LogP contribution in [-0.4, -0.2) is 43.9 Å². The van der Waals surface area contributed by atoms with E-state index in [2.05, 4.69) is 18.8 Å². The van der Waals surface area contributed by atoms with Gasteiger partial charge in [-0.15, -0.1) is 0 Å². The zero-order valence-corrected chi connectivity index (χ0v) is 16.5. The molecule has 0 spiro atoms. The monoisotopic (exact) mass is 384 g/mol. The molecule has 0 radical (unpaired) electrons. The molecule has 1 unspecified atom stereocenters. The molecule has 1 aliphatic heterocycles. The van der Waals surface area contributed by atoms with E-state index in [4.69, 9.17) is 5.26 Å². The molecule has 1 aliphatic rings. The summed E-state index contributed by atoms with van der Waals surface area (Å²) in [6, 6.07) is 12.8. The second kappa shape index (κ2) is 8.07. The molecule has 0 aliphatic carbocycles. The van der Waals surface area contributed by atoms with Crippen LogP contribution in [0, 0.1) is 11.3 Å². The number of hydrogen-bond acceptors (Lipinski definition) is 5. The Labute approximate surface area is 161 Å². The summed E-state index contributed by atoms with van der Waals surface area (Å²) in [5, 5.41) is 8.86. The lowest BCUT2D eigenvalue weighted by Crippen LogP contribution is -2.48. The van der Waals surface area contributed by atoms with E-state index in [-0.39, 0.29) is 0 Å². The van der Waals surface area contributed by atoms with Crippen molar-refractivity contribution < 1.29 is 8.42 Å². The molecule has 1 saturated heterocycles. The van der Waals surface area contributed by atoms with E-state index in [1.165, 1.54) is 10.5 Å². The minimum atomic E-state index is -3.48. The van der Waals surface area contributed by atoms with Crippen molar-refractivity contribution in [1.82, 2.24) is 9.29 Å². The van der Waals surface area contributed by atoms with Crippen LogP contribution in [0.3, 0.4) is 0 Å². The molecule has 6 nitrogen and oxygen atoms in total. The molecule has 27 heavy (non-hydrogen) atoms. The van der Waals surface area contributed by atoms with Gasteiger partial charge in [0.25, 0.3) is 0 Å². The second-order valence-corrected chi connectivity index (χ2v) is 8.72. The van der Waals surface area contributed by atoms with Crippen LogP contribution in [0.5, 0.6) is 0 Å². The van der Waals surface area contributed by atoms with Gasteiger partial charge in [0.2, 0.25) is 10.0 Å². The average Bonchev–Trinajstić information content (AvgIpc) is 2.73. The van der Waals surface area contributed by atoms with E-state index in [9.17, 15) is 8.42 Å². The number of piperazine rings is 1. The van der Waals surface area contributed by atoms with Crippen LogP contribution in [0.2, 0.25) is 0 Å². The Kier molecular flexibility index (Phi) is 5.78. The third kappa shape index (κ3) is 4.12. The maximum atomic E-state index is 12.9. The fourth-order valence-electron chi connectivity index (χ4n) is 3.15. The zero-order valence-electron chi connectivity index (χ0n) is 15.7. The molecule has 7 heteroatoms. The highest BCUT2D eigenvalue weighted by molar-refractivity contribution is 7.89. The standard InChI is InChI=1S/C20H24N4O2S/c1-3-16(2)18-5-7-19(8-6-18)27(25,26)24-12-10-23(11-13-24)20-9-4-17(14-21)15-22-20/h4-9,15-16H,3,10-13H2,1-2H3. The van der Waals surface area contributed by atoms with Crippen LogP contribution < -0.4 is 4.90 Å². The Morgan fingerprint density at radius 2 is 1.78 bits per heavy atom. The predicted octanol–water partition coefficient (Wildman–Crippen LogP) is 2.98. The number of anilines is 1. The van der Waals surface area contributed by atoms with Gasteiger partial charge >= 0.3 is 0 Å². The van der Waals surface area contributed by atoms with Crippen molar-refractivity contribution in [2.75, 3.05) is 31.1 Å². The fraction of sp³-hybridized carbons (Fsp3) is 0.400. The molecule has 3 rings (SSSR count). The number of aromatic nitrogens is 1. The molecule has 0 saturated carbocycles. The highest BCUT2D eigenvalue weighted by atomic mass is 32.2. The maximum absolute atomic E-state index is 12.9. The van der Waals surface area contributed by atoms with Gasteiger partial charge < -0.3 is 4.90 Å². The first-order chi connectivity index (χ1) is 13.0. The first-order valence-corrected chi connectivity index (χ1v) is 10.6. The lowest BCUT2D eigenvalue weighted by Gasteiger charge is -2.34. The average molecular weight is 385 g/mol. The number of nitriles is 1. The lowest BCUT2D eigenvalue weighted by molar-refractivity contribution is 0.384. The minimum Gasteiger partial charge on any atom is -0.354 e. The van der Waals surface area contributed by atoms with Gasteiger partial charge in [0.15, 0.2) is 0 Å². The number of nitrogens with zero attached hydrogens (tertiary/aromatic N) is 4. The van der Waals surface area contributed by atoms with Crippen molar-refractivity contribution in [3.63, 3.8) is 0 Å². The zero-order chi connectivity index (χ0) is 19.4. The highest BCUT2D eigenvalue weighted by Crippen LogP contribution is 2.23. The van der Waals surface area contributed by atoms with Crippen LogP contribution in [0.4, 0.5) is 5.82 Å². The van der Waals surface area contributed by atoms with Gasteiger partial charge in [-0.2, -0.15) is 9.57 Å². The molecule has 1 atom stereocenters. The number of rotatable bonds is 5. The molecule has 1 aromatic carbocycles. The Morgan fingerprint density at radius 1 is 1.11 bits per heavy atom. The summed E-state index contributed by atoms with van der Waals surface area (Å²) in [6.07, 6.45) is 2.56.